The van der Waals surface area contributed by atoms with Gasteiger partial charge in [0.05, 0.1) is 6.26 Å². The molecule has 6 nitrogen and oxygen atoms in total. The van der Waals surface area contributed by atoms with E-state index < -0.39 is 0 Å². The van der Waals surface area contributed by atoms with Crippen LogP contribution in [-0.2, 0) is 4.79 Å². The Morgan fingerprint density at radius 1 is 1.14 bits per heavy atom. The number of halogens is 1. The first-order valence-corrected chi connectivity index (χ1v) is 6.88. The van der Waals surface area contributed by atoms with Crippen LogP contribution in [0.15, 0.2) is 16.7 Å². The fraction of sp³-hybridized carbons (Fsp3) is 0.571. The highest BCUT2D eigenvalue weighted by Crippen LogP contribution is 2.07. The molecular weight excluding hydrogens is 294 g/mol. The quantitative estimate of drug-likeness (QED) is 0.598. The molecule has 0 aliphatic carbocycles. The Labute approximate surface area is 131 Å². The number of nitrogens with one attached hydrogen (secondary N) is 3. The smallest absolute Gasteiger partial charge is 0.287 e. The molecule has 1 rings (SSSR count). The Bertz CT molecular complexity index is 435. The lowest BCUT2D eigenvalue weighted by molar-refractivity contribution is -0.121. The van der Waals surface area contributed by atoms with Gasteiger partial charge in [0, 0.05) is 25.1 Å². The molecule has 0 unspecified atom stereocenters. The molecule has 1 heterocycles. The van der Waals surface area contributed by atoms with E-state index in [4.69, 9.17) is 4.42 Å². The average Bonchev–Trinajstić information content (AvgIpc) is 2.85. The van der Waals surface area contributed by atoms with E-state index in [2.05, 4.69) is 16.0 Å². The lowest BCUT2D eigenvalue weighted by Crippen LogP contribution is -2.30. The third-order valence-electron chi connectivity index (χ3n) is 2.86. The predicted octanol–water partition coefficient (Wildman–Crippen LogP) is 1.25. The highest BCUT2D eigenvalue weighted by atomic mass is 35.5. The number of rotatable bonds is 9. The maximum absolute atomic E-state index is 11.7. The van der Waals surface area contributed by atoms with Crippen molar-refractivity contribution in [2.24, 2.45) is 0 Å². The Morgan fingerprint density at radius 3 is 2.48 bits per heavy atom. The molecule has 120 valence electrons. The number of hydrogen-bond acceptors (Lipinski definition) is 4. The molecule has 0 radical (unpaired) electrons. The second-order valence-corrected chi connectivity index (χ2v) is 4.60. The molecule has 0 aromatic carbocycles. The number of furan rings is 1. The average molecular weight is 318 g/mol. The summed E-state index contributed by atoms with van der Waals surface area (Å²) in [4.78, 5) is 23.1. The minimum Gasteiger partial charge on any atom is -0.459 e. The molecule has 0 fully saturated rings. The Balaban J connectivity index is 0.00000400. The molecule has 21 heavy (non-hydrogen) atoms. The van der Waals surface area contributed by atoms with Crippen LogP contribution in [0, 0.1) is 6.92 Å². The van der Waals surface area contributed by atoms with Crippen molar-refractivity contribution in [2.75, 3.05) is 26.7 Å². The van der Waals surface area contributed by atoms with Crippen LogP contribution < -0.4 is 16.0 Å². The van der Waals surface area contributed by atoms with Gasteiger partial charge in [0.1, 0.15) is 0 Å². The first kappa shape index (κ1) is 19.5. The minimum absolute atomic E-state index is 0. The molecule has 0 saturated heterocycles. The van der Waals surface area contributed by atoms with Crippen molar-refractivity contribution in [3.63, 3.8) is 0 Å². The lowest BCUT2D eigenvalue weighted by atomic mass is 10.2. The van der Waals surface area contributed by atoms with E-state index in [1.807, 2.05) is 14.0 Å². The summed E-state index contributed by atoms with van der Waals surface area (Å²) in [5, 5.41) is 8.57. The van der Waals surface area contributed by atoms with E-state index in [1.165, 1.54) is 6.26 Å². The largest absolute Gasteiger partial charge is 0.459 e. The van der Waals surface area contributed by atoms with Crippen LogP contribution in [0.3, 0.4) is 0 Å². The van der Waals surface area contributed by atoms with Gasteiger partial charge in [-0.1, -0.05) is 0 Å². The number of carbonyl (C=O) groups is 2. The van der Waals surface area contributed by atoms with Gasteiger partial charge in [-0.15, -0.1) is 12.4 Å². The summed E-state index contributed by atoms with van der Waals surface area (Å²) < 4.78 is 5.09. The summed E-state index contributed by atoms with van der Waals surface area (Å²) in [7, 11) is 1.86. The SMILES string of the molecule is CNCCCC(=O)NCCCNC(=O)c1occc1C.Cl. The molecule has 7 heteroatoms. The van der Waals surface area contributed by atoms with Gasteiger partial charge in [0.25, 0.3) is 5.91 Å². The first-order chi connectivity index (χ1) is 9.65. The highest BCUT2D eigenvalue weighted by molar-refractivity contribution is 5.92. The van der Waals surface area contributed by atoms with Gasteiger partial charge in [0.2, 0.25) is 5.91 Å². The van der Waals surface area contributed by atoms with Crippen LogP contribution in [0.25, 0.3) is 0 Å². The molecule has 0 spiro atoms. The van der Waals surface area contributed by atoms with Crippen molar-refractivity contribution in [1.29, 1.82) is 0 Å². The zero-order valence-corrected chi connectivity index (χ0v) is 13.3. The number of aryl methyl sites for hydroxylation is 1. The monoisotopic (exact) mass is 317 g/mol. The van der Waals surface area contributed by atoms with Crippen LogP contribution in [-0.4, -0.2) is 38.5 Å². The molecule has 0 atom stereocenters. The summed E-state index contributed by atoms with van der Waals surface area (Å²) in [6.45, 7) is 3.74. The standard InChI is InChI=1S/C14H23N3O3.ClH/c1-11-6-10-20-13(11)14(19)17-9-4-8-16-12(18)5-3-7-15-2;/h6,10,15H,3-5,7-9H2,1-2H3,(H,16,18)(H,17,19);1H. The molecule has 0 bridgehead atoms. The highest BCUT2D eigenvalue weighted by Gasteiger charge is 2.11. The molecule has 0 aliphatic heterocycles. The number of carbonyl (C=O) groups excluding carboxylic acids is 2. The van der Waals surface area contributed by atoms with Gasteiger partial charge in [-0.25, -0.2) is 0 Å². The molecule has 0 aliphatic rings. The van der Waals surface area contributed by atoms with Crippen molar-refractivity contribution in [2.45, 2.75) is 26.2 Å². The van der Waals surface area contributed by atoms with Gasteiger partial charge in [-0.3, -0.25) is 9.59 Å². The lowest BCUT2D eigenvalue weighted by Gasteiger charge is -2.06. The van der Waals surface area contributed by atoms with E-state index in [0.717, 1.165) is 18.5 Å². The van der Waals surface area contributed by atoms with Crippen molar-refractivity contribution in [3.8, 4) is 0 Å². The maximum atomic E-state index is 11.7. The second kappa shape index (κ2) is 11.2. The van der Waals surface area contributed by atoms with Gasteiger partial charge in [-0.2, -0.15) is 0 Å². The van der Waals surface area contributed by atoms with E-state index in [0.29, 0.717) is 31.7 Å². The molecular formula is C14H24ClN3O3. The van der Waals surface area contributed by atoms with Gasteiger partial charge in [-0.05, 0) is 39.4 Å². The van der Waals surface area contributed by atoms with Crippen molar-refractivity contribution >= 4 is 24.2 Å². The van der Waals surface area contributed by atoms with Gasteiger partial charge < -0.3 is 20.4 Å². The normalized spacial score (nSPS) is 9.81. The Hall–Kier alpha value is -1.53. The summed E-state index contributed by atoms with van der Waals surface area (Å²) in [6.07, 6.45) is 3.55. The third-order valence-corrected chi connectivity index (χ3v) is 2.86. The van der Waals surface area contributed by atoms with Crippen molar-refractivity contribution in [3.05, 3.63) is 23.7 Å². The van der Waals surface area contributed by atoms with E-state index in [9.17, 15) is 9.59 Å². The van der Waals surface area contributed by atoms with Crippen LogP contribution in [0.2, 0.25) is 0 Å². The zero-order chi connectivity index (χ0) is 14.8. The topological polar surface area (TPSA) is 83.4 Å². The van der Waals surface area contributed by atoms with Crippen LogP contribution in [0.1, 0.15) is 35.4 Å². The Morgan fingerprint density at radius 2 is 1.86 bits per heavy atom. The molecule has 0 saturated carbocycles. The van der Waals surface area contributed by atoms with E-state index in [-0.39, 0.29) is 24.2 Å². The van der Waals surface area contributed by atoms with Crippen LogP contribution in [0.4, 0.5) is 0 Å². The summed E-state index contributed by atoms with van der Waals surface area (Å²) in [6, 6.07) is 1.75. The van der Waals surface area contributed by atoms with Crippen molar-refractivity contribution in [1.82, 2.24) is 16.0 Å². The second-order valence-electron chi connectivity index (χ2n) is 4.60. The minimum atomic E-state index is -0.215. The molecule has 3 N–H and O–H groups in total. The summed E-state index contributed by atoms with van der Waals surface area (Å²) >= 11 is 0. The Kier molecular flexibility index (Phi) is 10.4. The summed E-state index contributed by atoms with van der Waals surface area (Å²) in [5.41, 5.74) is 0.820. The third kappa shape index (κ3) is 7.72. The van der Waals surface area contributed by atoms with Crippen LogP contribution >= 0.6 is 12.4 Å². The number of amides is 2. The fourth-order valence-corrected chi connectivity index (χ4v) is 1.72. The van der Waals surface area contributed by atoms with Gasteiger partial charge in [0.15, 0.2) is 5.76 Å². The van der Waals surface area contributed by atoms with Crippen molar-refractivity contribution < 1.29 is 14.0 Å². The van der Waals surface area contributed by atoms with E-state index >= 15 is 0 Å². The fourth-order valence-electron chi connectivity index (χ4n) is 1.72. The zero-order valence-electron chi connectivity index (χ0n) is 12.5. The van der Waals surface area contributed by atoms with Gasteiger partial charge >= 0.3 is 0 Å². The predicted molar refractivity (Wildman–Crippen MR) is 83.8 cm³/mol. The molecule has 1 aromatic heterocycles. The molecule has 2 amide bonds. The van der Waals surface area contributed by atoms with E-state index in [1.54, 1.807) is 6.07 Å². The summed E-state index contributed by atoms with van der Waals surface area (Å²) in [5.74, 6) is 0.183. The first-order valence-electron chi connectivity index (χ1n) is 6.88. The van der Waals surface area contributed by atoms with Crippen LogP contribution in [0.5, 0.6) is 0 Å². The molecule has 1 aromatic rings. The number of hydrogen-bond donors (Lipinski definition) is 3. The maximum Gasteiger partial charge on any atom is 0.287 e.